The Morgan fingerprint density at radius 1 is 1.26 bits per heavy atom. The molecule has 0 aliphatic heterocycles. The summed E-state index contributed by atoms with van der Waals surface area (Å²) in [6.07, 6.45) is 0.400. The number of nitro groups is 1. The highest BCUT2D eigenvalue weighted by atomic mass is 32.1. The van der Waals surface area contributed by atoms with Crippen molar-refractivity contribution in [1.82, 2.24) is 0 Å². The quantitative estimate of drug-likeness (QED) is 0.669. The Morgan fingerprint density at radius 2 is 2.00 bits per heavy atom. The summed E-state index contributed by atoms with van der Waals surface area (Å²) < 4.78 is 0. The topological polar surface area (TPSA) is 79.0 Å². The van der Waals surface area contributed by atoms with Gasteiger partial charge in [-0.2, -0.15) is 5.26 Å². The van der Waals surface area contributed by atoms with Crippen LogP contribution in [0.1, 0.15) is 10.4 Å². The third-order valence-corrected chi connectivity index (χ3v) is 3.57. The highest BCUT2D eigenvalue weighted by Gasteiger charge is 2.09. The second-order valence-corrected chi connectivity index (χ2v) is 5.03. The fourth-order valence-corrected chi connectivity index (χ4v) is 2.34. The fraction of sp³-hybridized carbons (Fsp3) is 0.154. The minimum absolute atomic E-state index is 0.154. The lowest BCUT2D eigenvalue weighted by Crippen LogP contribution is -1.97. The molecule has 0 amide bonds. The van der Waals surface area contributed by atoms with Gasteiger partial charge in [0.15, 0.2) is 0 Å². The van der Waals surface area contributed by atoms with E-state index in [1.54, 1.807) is 6.07 Å². The van der Waals surface area contributed by atoms with Crippen LogP contribution in [0.2, 0.25) is 0 Å². The molecule has 1 aromatic heterocycles. The Balaban J connectivity index is 1.94. The minimum atomic E-state index is -0.384. The standard InChI is InChI=1S/C13H11N3O2S/c14-8-7-10-1-3-11(4-2-10)15-9-12-5-6-13(19-12)16(17)18/h1-6,15H,7,9H2. The number of nitrogens with one attached hydrogen (secondary N) is 1. The maximum Gasteiger partial charge on any atom is 0.324 e. The molecule has 0 aliphatic carbocycles. The maximum atomic E-state index is 10.6. The fourth-order valence-electron chi connectivity index (χ4n) is 1.58. The van der Waals surface area contributed by atoms with E-state index in [-0.39, 0.29) is 9.92 Å². The van der Waals surface area contributed by atoms with Crippen LogP contribution in [0.5, 0.6) is 0 Å². The van der Waals surface area contributed by atoms with E-state index in [1.807, 2.05) is 24.3 Å². The summed E-state index contributed by atoms with van der Waals surface area (Å²) in [5.41, 5.74) is 1.90. The van der Waals surface area contributed by atoms with Crippen molar-refractivity contribution in [2.75, 3.05) is 5.32 Å². The van der Waals surface area contributed by atoms with Crippen LogP contribution in [0.15, 0.2) is 36.4 Å². The Hall–Kier alpha value is -2.39. The average Bonchev–Trinajstić information content (AvgIpc) is 2.87. The lowest BCUT2D eigenvalue weighted by Gasteiger charge is -2.04. The van der Waals surface area contributed by atoms with Crippen molar-refractivity contribution in [1.29, 1.82) is 5.26 Å². The van der Waals surface area contributed by atoms with Crippen molar-refractivity contribution in [3.05, 3.63) is 57.0 Å². The molecule has 2 aromatic rings. The third-order valence-electron chi connectivity index (χ3n) is 2.53. The van der Waals surface area contributed by atoms with Crippen molar-refractivity contribution >= 4 is 22.0 Å². The lowest BCUT2D eigenvalue weighted by molar-refractivity contribution is -0.380. The van der Waals surface area contributed by atoms with Crippen LogP contribution in [-0.2, 0) is 13.0 Å². The zero-order chi connectivity index (χ0) is 13.7. The number of anilines is 1. The molecule has 0 radical (unpaired) electrons. The summed E-state index contributed by atoms with van der Waals surface area (Å²) in [5.74, 6) is 0. The van der Waals surface area contributed by atoms with E-state index in [2.05, 4.69) is 11.4 Å². The normalized spacial score (nSPS) is 9.84. The van der Waals surface area contributed by atoms with E-state index in [0.717, 1.165) is 16.1 Å². The number of nitriles is 1. The summed E-state index contributed by atoms with van der Waals surface area (Å²) in [5, 5.41) is 22.5. The van der Waals surface area contributed by atoms with Crippen LogP contribution in [0.3, 0.4) is 0 Å². The minimum Gasteiger partial charge on any atom is -0.380 e. The molecule has 0 aliphatic rings. The van der Waals surface area contributed by atoms with Gasteiger partial charge in [-0.05, 0) is 23.8 Å². The largest absolute Gasteiger partial charge is 0.380 e. The number of rotatable bonds is 5. The molecule has 1 heterocycles. The Morgan fingerprint density at radius 3 is 2.58 bits per heavy atom. The molecule has 6 heteroatoms. The van der Waals surface area contributed by atoms with Crippen molar-refractivity contribution in [3.63, 3.8) is 0 Å². The van der Waals surface area contributed by atoms with Gasteiger partial charge in [-0.1, -0.05) is 23.5 Å². The third kappa shape index (κ3) is 3.53. The van der Waals surface area contributed by atoms with Gasteiger partial charge < -0.3 is 5.32 Å². The van der Waals surface area contributed by atoms with Crippen molar-refractivity contribution in [2.24, 2.45) is 0 Å². The molecule has 2 rings (SSSR count). The molecule has 1 N–H and O–H groups in total. The first kappa shape index (κ1) is 13.1. The average molecular weight is 273 g/mol. The van der Waals surface area contributed by atoms with Gasteiger partial charge in [0.1, 0.15) is 0 Å². The molecular weight excluding hydrogens is 262 g/mol. The van der Waals surface area contributed by atoms with Crippen LogP contribution in [0.25, 0.3) is 0 Å². The van der Waals surface area contributed by atoms with E-state index in [1.165, 1.54) is 17.4 Å². The molecule has 0 spiro atoms. The van der Waals surface area contributed by atoms with Gasteiger partial charge in [0.05, 0.1) is 17.4 Å². The number of thiophene rings is 1. The Labute approximate surface area is 114 Å². The molecule has 0 unspecified atom stereocenters. The predicted octanol–water partition coefficient (Wildman–Crippen LogP) is 3.33. The molecule has 0 saturated carbocycles. The SMILES string of the molecule is N#CCc1ccc(NCc2ccc([N+](=O)[O-])s2)cc1. The van der Waals surface area contributed by atoms with E-state index in [4.69, 9.17) is 5.26 Å². The van der Waals surface area contributed by atoms with E-state index in [0.29, 0.717) is 13.0 Å². The van der Waals surface area contributed by atoms with Crippen molar-refractivity contribution in [2.45, 2.75) is 13.0 Å². The first-order chi connectivity index (χ1) is 9.19. The molecule has 0 atom stereocenters. The Kier molecular flexibility index (Phi) is 4.11. The summed E-state index contributed by atoms with van der Waals surface area (Å²) in [7, 11) is 0. The molecule has 0 saturated heterocycles. The van der Waals surface area contributed by atoms with Crippen LogP contribution >= 0.6 is 11.3 Å². The highest BCUT2D eigenvalue weighted by Crippen LogP contribution is 2.24. The second kappa shape index (κ2) is 5.98. The summed E-state index contributed by atoms with van der Waals surface area (Å²) >= 11 is 1.17. The number of nitrogens with zero attached hydrogens (tertiary/aromatic N) is 2. The second-order valence-electron chi connectivity index (χ2n) is 3.88. The molecule has 1 aromatic carbocycles. The van der Waals surface area contributed by atoms with Gasteiger partial charge >= 0.3 is 5.00 Å². The molecule has 5 nitrogen and oxygen atoms in total. The zero-order valence-corrected chi connectivity index (χ0v) is 10.8. The molecule has 96 valence electrons. The first-order valence-corrected chi connectivity index (χ1v) is 6.43. The number of hydrogen-bond donors (Lipinski definition) is 1. The van der Waals surface area contributed by atoms with Gasteiger partial charge in [-0.3, -0.25) is 10.1 Å². The van der Waals surface area contributed by atoms with Crippen LogP contribution < -0.4 is 5.32 Å². The van der Waals surface area contributed by atoms with Crippen LogP contribution in [0, 0.1) is 21.4 Å². The number of benzene rings is 1. The monoisotopic (exact) mass is 273 g/mol. The van der Waals surface area contributed by atoms with E-state index in [9.17, 15) is 10.1 Å². The van der Waals surface area contributed by atoms with Crippen molar-refractivity contribution < 1.29 is 4.92 Å². The highest BCUT2D eigenvalue weighted by molar-refractivity contribution is 7.15. The first-order valence-electron chi connectivity index (χ1n) is 5.62. The Bertz CT molecular complexity index is 614. The van der Waals surface area contributed by atoms with Crippen LogP contribution in [0.4, 0.5) is 10.7 Å². The zero-order valence-electron chi connectivity index (χ0n) is 10.00. The number of hydrogen-bond acceptors (Lipinski definition) is 5. The van der Waals surface area contributed by atoms with Gasteiger partial charge in [-0.25, -0.2) is 0 Å². The lowest BCUT2D eigenvalue weighted by atomic mass is 10.1. The van der Waals surface area contributed by atoms with Gasteiger partial charge in [-0.15, -0.1) is 0 Å². The summed E-state index contributed by atoms with van der Waals surface area (Å²) in [6, 6.07) is 12.9. The van der Waals surface area contributed by atoms with E-state index < -0.39 is 0 Å². The summed E-state index contributed by atoms with van der Waals surface area (Å²) in [6.45, 7) is 0.552. The van der Waals surface area contributed by atoms with Gasteiger partial charge in [0.2, 0.25) is 0 Å². The molecule has 0 bridgehead atoms. The van der Waals surface area contributed by atoms with E-state index >= 15 is 0 Å². The van der Waals surface area contributed by atoms with Crippen LogP contribution in [-0.4, -0.2) is 4.92 Å². The predicted molar refractivity (Wildman–Crippen MR) is 74.1 cm³/mol. The van der Waals surface area contributed by atoms with Crippen molar-refractivity contribution in [3.8, 4) is 6.07 Å². The summed E-state index contributed by atoms with van der Waals surface area (Å²) in [4.78, 5) is 11.1. The maximum absolute atomic E-state index is 10.6. The van der Waals surface area contributed by atoms with Gasteiger partial charge in [0.25, 0.3) is 0 Å². The molecule has 0 fully saturated rings. The van der Waals surface area contributed by atoms with Gasteiger partial charge in [0, 0.05) is 23.2 Å². The molecular formula is C13H11N3O2S. The smallest absolute Gasteiger partial charge is 0.324 e. The molecule has 19 heavy (non-hydrogen) atoms.